The molecule has 0 saturated heterocycles. The van der Waals surface area contributed by atoms with E-state index in [0.717, 1.165) is 10.7 Å². The summed E-state index contributed by atoms with van der Waals surface area (Å²) in [5.74, 6) is 0.619. The van der Waals surface area contributed by atoms with Crippen molar-refractivity contribution < 1.29 is 4.79 Å². The Balaban J connectivity index is 0.00000361. The molecule has 114 valence electrons. The number of hydrogen-bond donors (Lipinski definition) is 2. The monoisotopic (exact) mass is 411 g/mol. The number of rotatable bonds is 4. The van der Waals surface area contributed by atoms with Gasteiger partial charge in [0.05, 0.1) is 23.8 Å². The van der Waals surface area contributed by atoms with Crippen molar-refractivity contribution >= 4 is 47.2 Å². The van der Waals surface area contributed by atoms with Gasteiger partial charge in [0, 0.05) is 26.0 Å². The van der Waals surface area contributed by atoms with Gasteiger partial charge in [-0.1, -0.05) is 0 Å². The number of guanidine groups is 1. The Kier molecular flexibility index (Phi) is 8.70. The lowest BCUT2D eigenvalue weighted by atomic mass is 10.4. The number of thiazole rings is 1. The Morgan fingerprint density at radius 3 is 2.45 bits per heavy atom. The van der Waals surface area contributed by atoms with Crippen molar-refractivity contribution in [3.8, 4) is 0 Å². The lowest BCUT2D eigenvalue weighted by molar-refractivity contribution is -0.127. The van der Waals surface area contributed by atoms with Gasteiger partial charge in [0.1, 0.15) is 0 Å². The molecule has 0 radical (unpaired) electrons. The van der Waals surface area contributed by atoms with Crippen molar-refractivity contribution in [2.45, 2.75) is 20.4 Å². The van der Waals surface area contributed by atoms with E-state index in [2.05, 4.69) is 20.6 Å². The summed E-state index contributed by atoms with van der Waals surface area (Å²) in [6.07, 6.45) is 0. The number of nitrogens with zero attached hydrogens (tertiary/aromatic N) is 3. The second-order valence-corrected chi connectivity index (χ2v) is 5.60. The molecule has 0 aliphatic carbocycles. The molecule has 0 aromatic carbocycles. The zero-order valence-corrected chi connectivity index (χ0v) is 15.6. The number of aliphatic imine (C=N–C) groups is 1. The van der Waals surface area contributed by atoms with E-state index in [9.17, 15) is 4.79 Å². The Hall–Kier alpha value is -0.900. The number of hydrogen-bond acceptors (Lipinski definition) is 4. The van der Waals surface area contributed by atoms with E-state index < -0.39 is 0 Å². The summed E-state index contributed by atoms with van der Waals surface area (Å²) >= 11 is 1.66. The number of aryl methyl sites for hydroxylation is 2. The molecule has 0 fully saturated rings. The van der Waals surface area contributed by atoms with Crippen LogP contribution in [0.5, 0.6) is 0 Å². The van der Waals surface area contributed by atoms with Crippen LogP contribution in [0.1, 0.15) is 15.6 Å². The maximum atomic E-state index is 11.5. The second-order valence-electron chi connectivity index (χ2n) is 4.31. The molecule has 0 saturated carbocycles. The van der Waals surface area contributed by atoms with Gasteiger partial charge in [-0.3, -0.25) is 9.79 Å². The molecular formula is C12H22IN5OS. The number of carbonyl (C=O) groups is 1. The van der Waals surface area contributed by atoms with Gasteiger partial charge in [0.15, 0.2) is 5.96 Å². The highest BCUT2D eigenvalue weighted by Gasteiger charge is 2.07. The third kappa shape index (κ3) is 6.04. The number of likely N-dealkylation sites (N-methyl/N-ethyl adjacent to an activating group) is 1. The molecule has 0 atom stereocenters. The highest BCUT2D eigenvalue weighted by atomic mass is 127. The number of nitrogens with one attached hydrogen (secondary N) is 2. The van der Waals surface area contributed by atoms with Gasteiger partial charge < -0.3 is 15.5 Å². The Morgan fingerprint density at radius 2 is 2.00 bits per heavy atom. The zero-order chi connectivity index (χ0) is 14.4. The summed E-state index contributed by atoms with van der Waals surface area (Å²) < 4.78 is 0. The number of amides is 1. The van der Waals surface area contributed by atoms with Crippen LogP contribution in [0.25, 0.3) is 0 Å². The molecular weight excluding hydrogens is 389 g/mol. The fourth-order valence-electron chi connectivity index (χ4n) is 1.44. The smallest absolute Gasteiger partial charge is 0.241 e. The van der Waals surface area contributed by atoms with E-state index in [-0.39, 0.29) is 36.4 Å². The molecule has 20 heavy (non-hydrogen) atoms. The molecule has 0 aliphatic heterocycles. The van der Waals surface area contributed by atoms with Crippen LogP contribution in [0.4, 0.5) is 0 Å². The van der Waals surface area contributed by atoms with E-state index >= 15 is 0 Å². The predicted octanol–water partition coefficient (Wildman–Crippen LogP) is 1.13. The van der Waals surface area contributed by atoms with Gasteiger partial charge in [0.2, 0.25) is 5.91 Å². The van der Waals surface area contributed by atoms with Crippen LogP contribution < -0.4 is 10.6 Å². The average Bonchev–Trinajstić information content (AvgIpc) is 2.67. The van der Waals surface area contributed by atoms with Crippen molar-refractivity contribution in [2.24, 2.45) is 4.99 Å². The quantitative estimate of drug-likeness (QED) is 0.443. The van der Waals surface area contributed by atoms with Crippen molar-refractivity contribution in [1.82, 2.24) is 20.5 Å². The molecule has 0 unspecified atom stereocenters. The van der Waals surface area contributed by atoms with E-state index in [1.54, 1.807) is 32.5 Å². The largest absolute Gasteiger partial charge is 0.351 e. The number of carbonyl (C=O) groups excluding carboxylic acids is 1. The molecule has 6 nitrogen and oxygen atoms in total. The summed E-state index contributed by atoms with van der Waals surface area (Å²) in [4.78, 5) is 22.6. The first-order valence-corrected chi connectivity index (χ1v) is 6.83. The van der Waals surface area contributed by atoms with Crippen LogP contribution in [0.15, 0.2) is 4.99 Å². The first kappa shape index (κ1) is 19.1. The molecule has 0 spiro atoms. The predicted molar refractivity (Wildman–Crippen MR) is 93.9 cm³/mol. The Labute approximate surface area is 141 Å². The fraction of sp³-hybridized carbons (Fsp3) is 0.583. The minimum Gasteiger partial charge on any atom is -0.351 e. The molecule has 1 heterocycles. The molecule has 0 bridgehead atoms. The standard InChI is InChI=1S/C12H21N5OS.HI/c1-8-10(19-9(2)16-8)6-14-12(13-3)15-7-11(18)17(4)5;/h6-7H2,1-5H3,(H2,13,14,15);1H. The van der Waals surface area contributed by atoms with Crippen molar-refractivity contribution in [3.05, 3.63) is 15.6 Å². The van der Waals surface area contributed by atoms with Crippen molar-refractivity contribution in [2.75, 3.05) is 27.7 Å². The normalized spacial score (nSPS) is 10.8. The van der Waals surface area contributed by atoms with Crippen molar-refractivity contribution in [3.63, 3.8) is 0 Å². The number of halogens is 1. The first-order chi connectivity index (χ1) is 8.93. The van der Waals surface area contributed by atoms with Gasteiger partial charge in [-0.2, -0.15) is 0 Å². The van der Waals surface area contributed by atoms with Crippen LogP contribution in [0.2, 0.25) is 0 Å². The van der Waals surface area contributed by atoms with E-state index in [1.807, 2.05) is 13.8 Å². The highest BCUT2D eigenvalue weighted by molar-refractivity contribution is 14.0. The van der Waals surface area contributed by atoms with Gasteiger partial charge in [-0.25, -0.2) is 4.98 Å². The van der Waals surface area contributed by atoms with Gasteiger partial charge in [-0.15, -0.1) is 35.3 Å². The Morgan fingerprint density at radius 1 is 1.35 bits per heavy atom. The van der Waals surface area contributed by atoms with Crippen LogP contribution in [-0.4, -0.2) is 49.4 Å². The maximum Gasteiger partial charge on any atom is 0.241 e. The number of aromatic nitrogens is 1. The fourth-order valence-corrected chi connectivity index (χ4v) is 2.32. The summed E-state index contributed by atoms with van der Waals surface area (Å²) in [5, 5.41) is 7.21. The SMILES string of the molecule is CN=C(NCC(=O)N(C)C)NCc1sc(C)nc1C.I. The van der Waals surface area contributed by atoms with Crippen LogP contribution in [0, 0.1) is 13.8 Å². The summed E-state index contributed by atoms with van der Waals surface area (Å²) in [7, 11) is 5.13. The molecule has 0 aliphatic rings. The summed E-state index contributed by atoms with van der Waals surface area (Å²) in [6.45, 7) is 4.87. The van der Waals surface area contributed by atoms with E-state index in [4.69, 9.17) is 0 Å². The molecule has 1 amide bonds. The lowest BCUT2D eigenvalue weighted by Gasteiger charge is -2.14. The van der Waals surface area contributed by atoms with Gasteiger partial charge in [-0.05, 0) is 13.8 Å². The van der Waals surface area contributed by atoms with Crippen molar-refractivity contribution in [1.29, 1.82) is 0 Å². The highest BCUT2D eigenvalue weighted by Crippen LogP contribution is 2.16. The average molecular weight is 411 g/mol. The molecule has 1 rings (SSSR count). The van der Waals surface area contributed by atoms with Crippen LogP contribution >= 0.6 is 35.3 Å². The van der Waals surface area contributed by atoms with Gasteiger partial charge >= 0.3 is 0 Å². The molecule has 1 aromatic heterocycles. The lowest BCUT2D eigenvalue weighted by Crippen LogP contribution is -2.42. The van der Waals surface area contributed by atoms with E-state index in [0.29, 0.717) is 12.5 Å². The minimum atomic E-state index is 0. The third-order valence-electron chi connectivity index (χ3n) is 2.55. The van der Waals surface area contributed by atoms with Gasteiger partial charge in [0.25, 0.3) is 0 Å². The van der Waals surface area contributed by atoms with Crippen LogP contribution in [0.3, 0.4) is 0 Å². The summed E-state index contributed by atoms with van der Waals surface area (Å²) in [5.41, 5.74) is 1.04. The molecule has 8 heteroatoms. The van der Waals surface area contributed by atoms with Crippen LogP contribution in [-0.2, 0) is 11.3 Å². The Bertz CT molecular complexity index is 472. The topological polar surface area (TPSA) is 69.6 Å². The third-order valence-corrected chi connectivity index (χ3v) is 3.62. The second kappa shape index (κ2) is 9.11. The summed E-state index contributed by atoms with van der Waals surface area (Å²) in [6, 6.07) is 0. The maximum absolute atomic E-state index is 11.5. The molecule has 2 N–H and O–H groups in total. The zero-order valence-electron chi connectivity index (χ0n) is 12.5. The first-order valence-electron chi connectivity index (χ1n) is 6.01. The molecule has 1 aromatic rings. The van der Waals surface area contributed by atoms with E-state index in [1.165, 1.54) is 9.78 Å². The minimum absolute atomic E-state index is 0.